The molecule has 0 atom stereocenters. The van der Waals surface area contributed by atoms with Crippen molar-refractivity contribution in [3.63, 3.8) is 0 Å². The highest BCUT2D eigenvalue weighted by atomic mass is 19.4. The van der Waals surface area contributed by atoms with Crippen LogP contribution in [0.5, 0.6) is 11.5 Å². The maximum absolute atomic E-state index is 12.3. The van der Waals surface area contributed by atoms with Crippen LogP contribution in [0.4, 0.5) is 13.2 Å². The molecule has 0 unspecified atom stereocenters. The molecular formula is C11H9F3N2O. The molecule has 0 fully saturated rings. The Labute approximate surface area is 95.4 Å². The van der Waals surface area contributed by atoms with Crippen molar-refractivity contribution in [2.75, 3.05) is 0 Å². The fourth-order valence-electron chi connectivity index (χ4n) is 1.30. The van der Waals surface area contributed by atoms with E-state index in [0.29, 0.717) is 11.5 Å². The molecule has 3 nitrogen and oxygen atoms in total. The van der Waals surface area contributed by atoms with Crippen LogP contribution < -0.4 is 4.74 Å². The number of alkyl halides is 3. The second kappa shape index (κ2) is 4.12. The van der Waals surface area contributed by atoms with Gasteiger partial charge in [-0.15, -0.1) is 0 Å². The van der Waals surface area contributed by atoms with Crippen LogP contribution in [-0.4, -0.2) is 9.78 Å². The predicted octanol–water partition coefficient (Wildman–Crippen LogP) is 3.23. The van der Waals surface area contributed by atoms with Crippen molar-refractivity contribution >= 4 is 0 Å². The number of aromatic nitrogens is 2. The summed E-state index contributed by atoms with van der Waals surface area (Å²) in [5, 5.41) is 3.88. The lowest BCUT2D eigenvalue weighted by Crippen LogP contribution is -2.03. The first-order valence-corrected chi connectivity index (χ1v) is 4.79. The third kappa shape index (κ3) is 2.77. The normalized spacial score (nSPS) is 11.5. The highest BCUT2D eigenvalue weighted by Gasteiger charge is 2.30. The van der Waals surface area contributed by atoms with E-state index in [1.807, 2.05) is 0 Å². The molecule has 17 heavy (non-hydrogen) atoms. The number of halogens is 3. The summed E-state index contributed by atoms with van der Waals surface area (Å²) in [4.78, 5) is 0. The van der Waals surface area contributed by atoms with E-state index in [9.17, 15) is 13.2 Å². The third-order valence-electron chi connectivity index (χ3n) is 2.10. The SMILES string of the molecule is Cn1cc(Oc2ccc(C(F)(F)F)cc2)cn1. The second-order valence-electron chi connectivity index (χ2n) is 3.47. The quantitative estimate of drug-likeness (QED) is 0.808. The molecule has 1 aromatic heterocycles. The molecule has 1 heterocycles. The molecule has 0 saturated carbocycles. The zero-order chi connectivity index (χ0) is 12.5. The largest absolute Gasteiger partial charge is 0.454 e. The maximum Gasteiger partial charge on any atom is 0.416 e. The van der Waals surface area contributed by atoms with Gasteiger partial charge in [0, 0.05) is 7.05 Å². The molecule has 0 N–H and O–H groups in total. The summed E-state index contributed by atoms with van der Waals surface area (Å²) in [5.41, 5.74) is -0.698. The Morgan fingerprint density at radius 2 is 1.76 bits per heavy atom. The maximum atomic E-state index is 12.3. The van der Waals surface area contributed by atoms with E-state index in [1.54, 1.807) is 17.9 Å². The molecule has 0 spiro atoms. The summed E-state index contributed by atoms with van der Waals surface area (Å²) in [6, 6.07) is 4.50. The van der Waals surface area contributed by atoms with Gasteiger partial charge in [0.2, 0.25) is 0 Å². The van der Waals surface area contributed by atoms with Gasteiger partial charge in [-0.25, -0.2) is 0 Å². The van der Waals surface area contributed by atoms with Crippen LogP contribution in [0.1, 0.15) is 5.56 Å². The molecule has 0 aliphatic heterocycles. The van der Waals surface area contributed by atoms with Crippen LogP contribution in [0.3, 0.4) is 0 Å². The highest BCUT2D eigenvalue weighted by molar-refractivity contribution is 5.32. The Morgan fingerprint density at radius 1 is 1.12 bits per heavy atom. The Kier molecular flexibility index (Phi) is 2.79. The van der Waals surface area contributed by atoms with E-state index in [1.165, 1.54) is 18.3 Å². The van der Waals surface area contributed by atoms with Gasteiger partial charge in [-0.05, 0) is 24.3 Å². The first-order chi connectivity index (χ1) is 7.95. The van der Waals surface area contributed by atoms with E-state index in [0.717, 1.165) is 12.1 Å². The van der Waals surface area contributed by atoms with Gasteiger partial charge in [-0.1, -0.05) is 0 Å². The van der Waals surface area contributed by atoms with E-state index in [-0.39, 0.29) is 0 Å². The Hall–Kier alpha value is -1.98. The van der Waals surface area contributed by atoms with Crippen LogP contribution in [-0.2, 0) is 13.2 Å². The lowest BCUT2D eigenvalue weighted by molar-refractivity contribution is -0.137. The molecule has 0 aliphatic carbocycles. The summed E-state index contributed by atoms with van der Waals surface area (Å²) in [6.45, 7) is 0. The zero-order valence-corrected chi connectivity index (χ0v) is 8.90. The standard InChI is InChI=1S/C11H9F3N2O/c1-16-7-10(6-15-16)17-9-4-2-8(3-5-9)11(12,13)14/h2-7H,1H3. The minimum Gasteiger partial charge on any atom is -0.454 e. The summed E-state index contributed by atoms with van der Waals surface area (Å²) in [6.07, 6.45) is -1.22. The molecule has 90 valence electrons. The van der Waals surface area contributed by atoms with Gasteiger partial charge >= 0.3 is 6.18 Å². The summed E-state index contributed by atoms with van der Waals surface area (Å²) >= 11 is 0. The lowest BCUT2D eigenvalue weighted by atomic mass is 10.2. The molecule has 0 saturated heterocycles. The van der Waals surface area contributed by atoms with E-state index in [2.05, 4.69) is 5.10 Å². The van der Waals surface area contributed by atoms with Gasteiger partial charge in [0.05, 0.1) is 18.0 Å². The molecule has 2 rings (SSSR count). The minimum absolute atomic E-state index is 0.339. The Bertz CT molecular complexity index is 502. The molecular weight excluding hydrogens is 233 g/mol. The Morgan fingerprint density at radius 3 is 2.24 bits per heavy atom. The van der Waals surface area contributed by atoms with Gasteiger partial charge in [0.25, 0.3) is 0 Å². The molecule has 0 amide bonds. The third-order valence-corrected chi connectivity index (χ3v) is 2.10. The van der Waals surface area contributed by atoms with Crippen molar-refractivity contribution < 1.29 is 17.9 Å². The summed E-state index contributed by atoms with van der Waals surface area (Å²) in [7, 11) is 1.72. The van der Waals surface area contributed by atoms with Crippen molar-refractivity contribution in [2.45, 2.75) is 6.18 Å². The van der Waals surface area contributed by atoms with E-state index < -0.39 is 11.7 Å². The van der Waals surface area contributed by atoms with Gasteiger partial charge in [-0.2, -0.15) is 18.3 Å². The number of aryl methyl sites for hydroxylation is 1. The molecule has 6 heteroatoms. The van der Waals surface area contributed by atoms with E-state index >= 15 is 0 Å². The zero-order valence-electron chi connectivity index (χ0n) is 8.90. The minimum atomic E-state index is -4.33. The van der Waals surface area contributed by atoms with Crippen LogP contribution in [0.2, 0.25) is 0 Å². The van der Waals surface area contributed by atoms with Gasteiger partial charge in [0.15, 0.2) is 5.75 Å². The van der Waals surface area contributed by atoms with Gasteiger partial charge in [-0.3, -0.25) is 4.68 Å². The van der Waals surface area contributed by atoms with Crippen molar-refractivity contribution in [3.05, 3.63) is 42.2 Å². The number of hydrogen-bond donors (Lipinski definition) is 0. The van der Waals surface area contributed by atoms with Crippen molar-refractivity contribution in [1.82, 2.24) is 9.78 Å². The first kappa shape index (κ1) is 11.5. The van der Waals surface area contributed by atoms with Crippen molar-refractivity contribution in [2.24, 2.45) is 7.05 Å². The average Bonchev–Trinajstić information content (AvgIpc) is 2.63. The average molecular weight is 242 g/mol. The number of nitrogens with zero attached hydrogens (tertiary/aromatic N) is 2. The van der Waals surface area contributed by atoms with E-state index in [4.69, 9.17) is 4.74 Å². The number of ether oxygens (including phenoxy) is 1. The van der Waals surface area contributed by atoms with Gasteiger partial charge < -0.3 is 4.74 Å². The van der Waals surface area contributed by atoms with Gasteiger partial charge in [0.1, 0.15) is 5.75 Å². The predicted molar refractivity (Wildman–Crippen MR) is 54.7 cm³/mol. The second-order valence-corrected chi connectivity index (χ2v) is 3.47. The molecule has 2 aromatic rings. The first-order valence-electron chi connectivity index (χ1n) is 4.79. The van der Waals surface area contributed by atoms with Crippen molar-refractivity contribution in [1.29, 1.82) is 0 Å². The number of rotatable bonds is 2. The fraction of sp³-hybridized carbons (Fsp3) is 0.182. The molecule has 0 bridgehead atoms. The van der Waals surface area contributed by atoms with Crippen LogP contribution in [0.15, 0.2) is 36.7 Å². The number of hydrogen-bond acceptors (Lipinski definition) is 2. The fourth-order valence-corrected chi connectivity index (χ4v) is 1.30. The molecule has 0 radical (unpaired) electrons. The monoisotopic (exact) mass is 242 g/mol. The molecule has 1 aromatic carbocycles. The van der Waals surface area contributed by atoms with Crippen LogP contribution in [0.25, 0.3) is 0 Å². The lowest BCUT2D eigenvalue weighted by Gasteiger charge is -2.07. The topological polar surface area (TPSA) is 27.1 Å². The van der Waals surface area contributed by atoms with Crippen LogP contribution >= 0.6 is 0 Å². The molecule has 0 aliphatic rings. The Balaban J connectivity index is 2.13. The smallest absolute Gasteiger partial charge is 0.416 e. The summed E-state index contributed by atoms with van der Waals surface area (Å²) in [5.74, 6) is 0.818. The van der Waals surface area contributed by atoms with Crippen LogP contribution in [0, 0.1) is 0 Å². The highest BCUT2D eigenvalue weighted by Crippen LogP contribution is 2.31. The number of benzene rings is 1. The summed E-state index contributed by atoms with van der Waals surface area (Å²) < 4.78 is 43.7. The van der Waals surface area contributed by atoms with Crippen molar-refractivity contribution in [3.8, 4) is 11.5 Å².